The average molecular weight is 328 g/mol. The van der Waals surface area contributed by atoms with Gasteiger partial charge in [0.2, 0.25) is 0 Å². The number of nitrogens with zero attached hydrogens (tertiary/aromatic N) is 2. The van der Waals surface area contributed by atoms with Gasteiger partial charge in [0.25, 0.3) is 0 Å². The second-order valence-corrected chi connectivity index (χ2v) is 8.10. The van der Waals surface area contributed by atoms with Crippen molar-refractivity contribution in [3.05, 3.63) is 11.4 Å². The van der Waals surface area contributed by atoms with Crippen LogP contribution in [-0.4, -0.2) is 42.3 Å². The van der Waals surface area contributed by atoms with Gasteiger partial charge in [0, 0.05) is 13.1 Å². The van der Waals surface area contributed by atoms with E-state index >= 15 is 0 Å². The van der Waals surface area contributed by atoms with E-state index in [1.807, 2.05) is 18.5 Å². The van der Waals surface area contributed by atoms with Gasteiger partial charge in [0.15, 0.2) is 9.84 Å². The van der Waals surface area contributed by atoms with Crippen LogP contribution < -0.4 is 10.6 Å². The molecule has 0 bridgehead atoms. The molecule has 1 aliphatic heterocycles. The summed E-state index contributed by atoms with van der Waals surface area (Å²) < 4.78 is 24.7. The highest BCUT2D eigenvalue weighted by Gasteiger charge is 2.28. The van der Waals surface area contributed by atoms with Crippen LogP contribution in [0, 0.1) is 19.8 Å². The molecule has 0 spiro atoms. The molecule has 0 aromatic carbocycles. The molecular weight excluding hydrogens is 304 g/mol. The lowest BCUT2D eigenvalue weighted by Gasteiger charge is -2.11. The number of aryl methyl sites for hydroxylation is 2. The summed E-state index contributed by atoms with van der Waals surface area (Å²) >= 11 is 0. The molecule has 22 heavy (non-hydrogen) atoms. The average Bonchev–Trinajstić information content (AvgIpc) is 2.91. The van der Waals surface area contributed by atoms with Gasteiger partial charge < -0.3 is 10.6 Å². The molecule has 2 N–H and O–H groups in total. The minimum atomic E-state index is -2.90. The van der Waals surface area contributed by atoms with E-state index in [9.17, 15) is 13.2 Å². The van der Waals surface area contributed by atoms with Gasteiger partial charge >= 0.3 is 6.03 Å². The van der Waals surface area contributed by atoms with Crippen LogP contribution in [0.25, 0.3) is 0 Å². The molecule has 0 unspecified atom stereocenters. The molecule has 1 fully saturated rings. The van der Waals surface area contributed by atoms with Crippen molar-refractivity contribution in [1.82, 2.24) is 15.1 Å². The summed E-state index contributed by atoms with van der Waals surface area (Å²) in [5.74, 6) is 0.406. The molecule has 7 nitrogen and oxygen atoms in total. The van der Waals surface area contributed by atoms with Crippen molar-refractivity contribution in [3.8, 4) is 0 Å². The van der Waals surface area contributed by atoms with Gasteiger partial charge in [0.1, 0.15) is 0 Å². The Hall–Kier alpha value is -1.57. The third-order valence-corrected chi connectivity index (χ3v) is 5.77. The van der Waals surface area contributed by atoms with Crippen LogP contribution in [0.3, 0.4) is 0 Å². The maximum Gasteiger partial charge on any atom is 0.319 e. The van der Waals surface area contributed by atoms with Crippen molar-refractivity contribution in [3.63, 3.8) is 0 Å². The van der Waals surface area contributed by atoms with E-state index in [-0.39, 0.29) is 23.5 Å². The second-order valence-electron chi connectivity index (χ2n) is 5.87. The SMILES string of the molecule is CCCn1nc(C)c(NC(=O)NC[C@H]2CCS(=O)(=O)C2)c1C. The minimum Gasteiger partial charge on any atom is -0.338 e. The molecule has 8 heteroatoms. The van der Waals surface area contributed by atoms with E-state index in [0.29, 0.717) is 13.0 Å². The largest absolute Gasteiger partial charge is 0.338 e. The van der Waals surface area contributed by atoms with Gasteiger partial charge in [-0.15, -0.1) is 0 Å². The van der Waals surface area contributed by atoms with E-state index in [4.69, 9.17) is 0 Å². The molecule has 1 aliphatic rings. The summed E-state index contributed by atoms with van der Waals surface area (Å²) in [6.07, 6.45) is 1.60. The highest BCUT2D eigenvalue weighted by molar-refractivity contribution is 7.91. The first-order chi connectivity index (χ1) is 10.3. The Morgan fingerprint density at radius 3 is 2.73 bits per heavy atom. The fourth-order valence-electron chi connectivity index (χ4n) is 2.74. The number of nitrogens with one attached hydrogen (secondary N) is 2. The van der Waals surface area contributed by atoms with Crippen molar-refractivity contribution in [2.24, 2.45) is 5.92 Å². The Morgan fingerprint density at radius 1 is 1.41 bits per heavy atom. The number of carbonyl (C=O) groups is 1. The van der Waals surface area contributed by atoms with Crippen molar-refractivity contribution in [2.75, 3.05) is 23.4 Å². The van der Waals surface area contributed by atoms with Gasteiger partial charge in [-0.25, -0.2) is 13.2 Å². The molecule has 1 saturated heterocycles. The van der Waals surface area contributed by atoms with Crippen LogP contribution in [0.1, 0.15) is 31.2 Å². The van der Waals surface area contributed by atoms with Crippen LogP contribution in [0.5, 0.6) is 0 Å². The van der Waals surface area contributed by atoms with Crippen LogP contribution in [0.15, 0.2) is 0 Å². The Bertz CT molecular complexity index is 651. The third-order valence-electron chi connectivity index (χ3n) is 3.93. The summed E-state index contributed by atoms with van der Waals surface area (Å²) in [5.41, 5.74) is 2.44. The lowest BCUT2D eigenvalue weighted by atomic mass is 10.1. The number of rotatable bonds is 5. The molecule has 0 saturated carbocycles. The van der Waals surface area contributed by atoms with Crippen LogP contribution in [-0.2, 0) is 16.4 Å². The molecule has 0 aliphatic carbocycles. The highest BCUT2D eigenvalue weighted by Crippen LogP contribution is 2.20. The third kappa shape index (κ3) is 4.00. The highest BCUT2D eigenvalue weighted by atomic mass is 32.2. The quantitative estimate of drug-likeness (QED) is 0.856. The maximum absolute atomic E-state index is 12.0. The summed E-state index contributed by atoms with van der Waals surface area (Å²) in [6.45, 7) is 7.06. The Balaban J connectivity index is 1.90. The summed E-state index contributed by atoms with van der Waals surface area (Å²) in [4.78, 5) is 12.0. The molecular formula is C14H24N4O3S. The Morgan fingerprint density at radius 2 is 2.14 bits per heavy atom. The summed E-state index contributed by atoms with van der Waals surface area (Å²) in [5, 5.41) is 9.98. The number of aromatic nitrogens is 2. The van der Waals surface area contributed by atoms with Crippen molar-refractivity contribution < 1.29 is 13.2 Å². The molecule has 1 aromatic rings. The number of amides is 2. The van der Waals surface area contributed by atoms with E-state index in [2.05, 4.69) is 22.7 Å². The Labute approximate surface area is 131 Å². The number of urea groups is 1. The van der Waals surface area contributed by atoms with Gasteiger partial charge in [-0.3, -0.25) is 4.68 Å². The molecule has 1 aromatic heterocycles. The fourth-order valence-corrected chi connectivity index (χ4v) is 4.60. The zero-order valence-corrected chi connectivity index (χ0v) is 14.2. The predicted molar refractivity (Wildman–Crippen MR) is 85.8 cm³/mol. The van der Waals surface area contributed by atoms with Gasteiger partial charge in [-0.05, 0) is 32.6 Å². The molecule has 0 radical (unpaired) electrons. The van der Waals surface area contributed by atoms with Gasteiger partial charge in [-0.2, -0.15) is 5.10 Å². The van der Waals surface area contributed by atoms with Crippen molar-refractivity contribution in [2.45, 2.75) is 40.2 Å². The minimum absolute atomic E-state index is 0.0146. The molecule has 2 heterocycles. The first-order valence-electron chi connectivity index (χ1n) is 7.61. The standard InChI is InChI=1S/C14H24N4O3S/c1-4-6-18-11(3)13(10(2)17-18)16-14(19)15-8-12-5-7-22(20,21)9-12/h12H,4-9H2,1-3H3,(H2,15,16,19)/t12-/m1/s1. The summed E-state index contributed by atoms with van der Waals surface area (Å²) in [7, 11) is -2.90. The zero-order valence-electron chi connectivity index (χ0n) is 13.3. The van der Waals surface area contributed by atoms with E-state index < -0.39 is 9.84 Å². The zero-order chi connectivity index (χ0) is 16.3. The monoisotopic (exact) mass is 328 g/mol. The molecule has 2 rings (SSSR count). The van der Waals surface area contributed by atoms with Gasteiger partial charge in [-0.1, -0.05) is 6.92 Å². The van der Waals surface area contributed by atoms with E-state index in [1.54, 1.807) is 0 Å². The number of carbonyl (C=O) groups excluding carboxylic acids is 1. The van der Waals surface area contributed by atoms with E-state index in [0.717, 1.165) is 30.0 Å². The lowest BCUT2D eigenvalue weighted by molar-refractivity contribution is 0.250. The van der Waals surface area contributed by atoms with Gasteiger partial charge in [0.05, 0.1) is 28.6 Å². The van der Waals surface area contributed by atoms with Crippen molar-refractivity contribution >= 4 is 21.6 Å². The van der Waals surface area contributed by atoms with E-state index in [1.165, 1.54) is 0 Å². The first kappa shape index (κ1) is 16.8. The summed E-state index contributed by atoms with van der Waals surface area (Å²) in [6, 6.07) is -0.313. The topological polar surface area (TPSA) is 93.1 Å². The number of hydrogen-bond donors (Lipinski definition) is 2. The Kier molecular flexibility index (Phi) is 5.10. The maximum atomic E-state index is 12.0. The fraction of sp³-hybridized carbons (Fsp3) is 0.714. The van der Waals surface area contributed by atoms with Crippen LogP contribution in [0.4, 0.5) is 10.5 Å². The lowest BCUT2D eigenvalue weighted by Crippen LogP contribution is -2.33. The number of hydrogen-bond acceptors (Lipinski definition) is 4. The second kappa shape index (κ2) is 6.68. The molecule has 1 atom stereocenters. The molecule has 124 valence electrons. The predicted octanol–water partition coefficient (Wildman–Crippen LogP) is 1.47. The van der Waals surface area contributed by atoms with Crippen LogP contribution >= 0.6 is 0 Å². The smallest absolute Gasteiger partial charge is 0.319 e. The normalized spacial score (nSPS) is 20.0. The van der Waals surface area contributed by atoms with Crippen molar-refractivity contribution in [1.29, 1.82) is 0 Å². The molecule has 2 amide bonds. The number of anilines is 1. The number of sulfone groups is 1. The first-order valence-corrected chi connectivity index (χ1v) is 9.44. The van der Waals surface area contributed by atoms with Crippen LogP contribution in [0.2, 0.25) is 0 Å².